The van der Waals surface area contributed by atoms with Gasteiger partial charge < -0.3 is 24.4 Å². The molecule has 2 heterocycles. The molecule has 2 atom stereocenters. The van der Waals surface area contributed by atoms with E-state index in [0.29, 0.717) is 38.8 Å². The number of hydrogen-bond acceptors (Lipinski definition) is 4. The zero-order valence-corrected chi connectivity index (χ0v) is 15.3. The van der Waals surface area contributed by atoms with Crippen molar-refractivity contribution < 1.29 is 19.0 Å². The fourth-order valence-electron chi connectivity index (χ4n) is 3.27. The Morgan fingerprint density at radius 3 is 3.00 bits per heavy atom. The first-order valence-electron chi connectivity index (χ1n) is 9.03. The first-order chi connectivity index (χ1) is 12.0. The molecule has 2 amide bonds. The van der Waals surface area contributed by atoms with Crippen LogP contribution in [0.2, 0.25) is 0 Å². The normalized spacial score (nSPS) is 26.2. The van der Waals surface area contributed by atoms with Crippen LogP contribution in [-0.2, 0) is 9.47 Å². The van der Waals surface area contributed by atoms with Crippen molar-refractivity contribution in [1.82, 2.24) is 4.90 Å². The van der Waals surface area contributed by atoms with Gasteiger partial charge in [-0.1, -0.05) is 19.9 Å². The van der Waals surface area contributed by atoms with Crippen LogP contribution in [0.25, 0.3) is 0 Å². The first-order valence-corrected chi connectivity index (χ1v) is 9.03. The number of nitrogens with one attached hydrogen (secondary N) is 1. The summed E-state index contributed by atoms with van der Waals surface area (Å²) in [5.74, 6) is 1.22. The number of carbonyl (C=O) groups excluding carboxylic acids is 1. The third kappa shape index (κ3) is 4.25. The van der Waals surface area contributed by atoms with Gasteiger partial charge in [0.25, 0.3) is 0 Å². The second-order valence-electron chi connectivity index (χ2n) is 7.26. The predicted molar refractivity (Wildman–Crippen MR) is 96.1 cm³/mol. The molecule has 6 heteroatoms. The van der Waals surface area contributed by atoms with Gasteiger partial charge in [-0.3, -0.25) is 0 Å². The summed E-state index contributed by atoms with van der Waals surface area (Å²) in [4.78, 5) is 14.5. The average Bonchev–Trinajstić information content (AvgIpc) is 2.93. The van der Waals surface area contributed by atoms with Crippen LogP contribution in [0.4, 0.5) is 10.5 Å². The van der Waals surface area contributed by atoms with Crippen LogP contribution < -0.4 is 10.1 Å². The summed E-state index contributed by atoms with van der Waals surface area (Å²) < 4.78 is 17.4. The van der Waals surface area contributed by atoms with Gasteiger partial charge in [0.15, 0.2) is 0 Å². The SMILES string of the molecule is CC(C)COc1cccc(NC(=O)N2CCO[C@]3(CCO[C@@H]3C)C2)c1. The Morgan fingerprint density at radius 1 is 1.44 bits per heavy atom. The van der Waals surface area contributed by atoms with Gasteiger partial charge >= 0.3 is 6.03 Å². The molecule has 1 spiro atoms. The molecule has 138 valence electrons. The number of amides is 2. The molecule has 25 heavy (non-hydrogen) atoms. The van der Waals surface area contributed by atoms with E-state index < -0.39 is 0 Å². The van der Waals surface area contributed by atoms with Gasteiger partial charge in [0.2, 0.25) is 0 Å². The summed E-state index contributed by atoms with van der Waals surface area (Å²) in [6.45, 7) is 9.25. The molecule has 1 N–H and O–H groups in total. The number of rotatable bonds is 4. The molecule has 2 aliphatic heterocycles. The fourth-order valence-corrected chi connectivity index (χ4v) is 3.27. The molecule has 6 nitrogen and oxygen atoms in total. The average molecular weight is 348 g/mol. The molecule has 0 bridgehead atoms. The maximum atomic E-state index is 12.7. The number of ether oxygens (including phenoxy) is 3. The Hall–Kier alpha value is -1.79. The summed E-state index contributed by atoms with van der Waals surface area (Å²) in [7, 11) is 0. The lowest BCUT2D eigenvalue weighted by atomic mass is 9.94. The second kappa shape index (κ2) is 7.62. The van der Waals surface area contributed by atoms with Crippen LogP contribution in [0.3, 0.4) is 0 Å². The molecular formula is C19H28N2O4. The summed E-state index contributed by atoms with van der Waals surface area (Å²) in [6.07, 6.45) is 0.840. The van der Waals surface area contributed by atoms with Gasteiger partial charge in [-0.05, 0) is 25.0 Å². The number of morpholine rings is 1. The van der Waals surface area contributed by atoms with Crippen molar-refractivity contribution in [2.75, 3.05) is 38.2 Å². The summed E-state index contributed by atoms with van der Waals surface area (Å²) in [5, 5.41) is 2.97. The topological polar surface area (TPSA) is 60.0 Å². The monoisotopic (exact) mass is 348 g/mol. The Kier molecular flexibility index (Phi) is 5.49. The minimum Gasteiger partial charge on any atom is -0.493 e. The zero-order valence-electron chi connectivity index (χ0n) is 15.3. The molecule has 0 saturated carbocycles. The Morgan fingerprint density at radius 2 is 2.28 bits per heavy atom. The van der Waals surface area contributed by atoms with E-state index in [1.54, 1.807) is 0 Å². The molecule has 3 rings (SSSR count). The zero-order chi connectivity index (χ0) is 17.9. The third-order valence-electron chi connectivity index (χ3n) is 4.80. The van der Waals surface area contributed by atoms with Crippen molar-refractivity contribution in [1.29, 1.82) is 0 Å². The smallest absolute Gasteiger partial charge is 0.322 e. The third-order valence-corrected chi connectivity index (χ3v) is 4.80. The number of hydrogen-bond donors (Lipinski definition) is 1. The standard InChI is InChI=1S/C19H28N2O4/c1-14(2)12-24-17-6-4-5-16(11-17)20-18(22)21-8-10-25-19(13-21)7-9-23-15(19)3/h4-6,11,14-15H,7-10,12-13H2,1-3H3,(H,20,22)/t15-,19-/m1/s1. The highest BCUT2D eigenvalue weighted by molar-refractivity contribution is 5.89. The molecule has 0 aromatic heterocycles. The Labute approximate surface area is 149 Å². The van der Waals surface area contributed by atoms with E-state index in [-0.39, 0.29) is 17.7 Å². The van der Waals surface area contributed by atoms with Crippen molar-refractivity contribution in [3.05, 3.63) is 24.3 Å². The molecule has 1 aromatic rings. The molecular weight excluding hydrogens is 320 g/mol. The summed E-state index contributed by atoms with van der Waals surface area (Å²) >= 11 is 0. The van der Waals surface area contributed by atoms with Gasteiger partial charge in [-0.2, -0.15) is 0 Å². The van der Waals surface area contributed by atoms with Crippen LogP contribution in [-0.4, -0.2) is 55.5 Å². The van der Waals surface area contributed by atoms with Crippen LogP contribution in [0.5, 0.6) is 5.75 Å². The van der Waals surface area contributed by atoms with Crippen LogP contribution >= 0.6 is 0 Å². The fraction of sp³-hybridized carbons (Fsp3) is 0.632. The van der Waals surface area contributed by atoms with E-state index in [4.69, 9.17) is 14.2 Å². The van der Waals surface area contributed by atoms with E-state index in [9.17, 15) is 4.79 Å². The first kappa shape index (κ1) is 18.0. The van der Waals surface area contributed by atoms with Crippen molar-refractivity contribution in [2.24, 2.45) is 5.92 Å². The lowest BCUT2D eigenvalue weighted by Gasteiger charge is -2.41. The van der Waals surface area contributed by atoms with Gasteiger partial charge in [-0.15, -0.1) is 0 Å². The van der Waals surface area contributed by atoms with E-state index in [1.807, 2.05) is 36.1 Å². The van der Waals surface area contributed by atoms with Crippen LogP contribution in [0, 0.1) is 5.92 Å². The van der Waals surface area contributed by atoms with Crippen LogP contribution in [0.1, 0.15) is 27.2 Å². The summed E-state index contributed by atoms with van der Waals surface area (Å²) in [5.41, 5.74) is 0.375. The van der Waals surface area contributed by atoms with Gasteiger partial charge in [0.1, 0.15) is 11.4 Å². The highest BCUT2D eigenvalue weighted by Crippen LogP contribution is 2.33. The Bertz CT molecular complexity index is 607. The number of benzene rings is 1. The van der Waals surface area contributed by atoms with E-state index in [0.717, 1.165) is 17.9 Å². The highest BCUT2D eigenvalue weighted by atomic mass is 16.6. The lowest BCUT2D eigenvalue weighted by Crippen LogP contribution is -2.57. The van der Waals surface area contributed by atoms with E-state index >= 15 is 0 Å². The molecule has 1 aromatic carbocycles. The molecule has 0 radical (unpaired) electrons. The van der Waals surface area contributed by atoms with Gasteiger partial charge in [0.05, 0.1) is 25.9 Å². The molecule has 0 aliphatic carbocycles. The number of carbonyl (C=O) groups is 1. The van der Waals surface area contributed by atoms with Crippen molar-refractivity contribution in [2.45, 2.75) is 38.9 Å². The molecule has 0 unspecified atom stereocenters. The largest absolute Gasteiger partial charge is 0.493 e. The quantitative estimate of drug-likeness (QED) is 0.908. The van der Waals surface area contributed by atoms with Crippen molar-refractivity contribution in [3.63, 3.8) is 0 Å². The van der Waals surface area contributed by atoms with Gasteiger partial charge in [-0.25, -0.2) is 4.79 Å². The lowest BCUT2D eigenvalue weighted by molar-refractivity contribution is -0.124. The van der Waals surface area contributed by atoms with Crippen molar-refractivity contribution >= 4 is 11.7 Å². The number of urea groups is 1. The summed E-state index contributed by atoms with van der Waals surface area (Å²) in [6, 6.07) is 7.41. The van der Waals surface area contributed by atoms with Gasteiger partial charge in [0, 0.05) is 31.3 Å². The number of nitrogens with zero attached hydrogens (tertiary/aromatic N) is 1. The maximum absolute atomic E-state index is 12.7. The predicted octanol–water partition coefficient (Wildman–Crippen LogP) is 3.13. The maximum Gasteiger partial charge on any atom is 0.322 e. The molecule has 2 saturated heterocycles. The van der Waals surface area contributed by atoms with Crippen molar-refractivity contribution in [3.8, 4) is 5.75 Å². The minimum atomic E-state index is -0.363. The van der Waals surface area contributed by atoms with Crippen LogP contribution in [0.15, 0.2) is 24.3 Å². The number of anilines is 1. The molecule has 2 fully saturated rings. The Balaban J connectivity index is 1.61. The highest BCUT2D eigenvalue weighted by Gasteiger charge is 2.47. The van der Waals surface area contributed by atoms with E-state index in [1.165, 1.54) is 0 Å². The molecule has 2 aliphatic rings. The second-order valence-corrected chi connectivity index (χ2v) is 7.26. The minimum absolute atomic E-state index is 0.0101. The van der Waals surface area contributed by atoms with E-state index in [2.05, 4.69) is 19.2 Å².